The van der Waals surface area contributed by atoms with E-state index in [1.807, 2.05) is 19.9 Å². The van der Waals surface area contributed by atoms with Crippen LogP contribution >= 0.6 is 11.3 Å². The van der Waals surface area contributed by atoms with E-state index < -0.39 is 5.97 Å². The number of hydrogen-bond donors (Lipinski definition) is 1. The van der Waals surface area contributed by atoms with Crippen molar-refractivity contribution in [1.29, 1.82) is 0 Å². The summed E-state index contributed by atoms with van der Waals surface area (Å²) in [5.41, 5.74) is 2.24. The van der Waals surface area contributed by atoms with Gasteiger partial charge in [0.1, 0.15) is 4.88 Å². The molecule has 1 amide bonds. The third-order valence-corrected chi connectivity index (χ3v) is 4.54. The first-order chi connectivity index (χ1) is 12.4. The molecular formula is C16H18N6O3S. The third-order valence-electron chi connectivity index (χ3n) is 3.48. The summed E-state index contributed by atoms with van der Waals surface area (Å²) in [7, 11) is 0. The van der Waals surface area contributed by atoms with Crippen molar-refractivity contribution in [3.8, 4) is 0 Å². The Hall–Kier alpha value is -2.88. The molecule has 3 rings (SSSR count). The number of thiazole rings is 1. The number of carbonyl (C=O) groups is 2. The van der Waals surface area contributed by atoms with Gasteiger partial charge in [-0.15, -0.1) is 5.10 Å². The van der Waals surface area contributed by atoms with Crippen LogP contribution in [-0.2, 0) is 16.0 Å². The Kier molecular flexibility index (Phi) is 4.94. The monoisotopic (exact) mass is 374 g/mol. The Labute approximate surface area is 153 Å². The maximum Gasteiger partial charge on any atom is 0.350 e. The topological polar surface area (TPSA) is 111 Å². The highest BCUT2D eigenvalue weighted by Gasteiger charge is 2.18. The second-order valence-electron chi connectivity index (χ2n) is 5.66. The first-order valence-corrected chi connectivity index (χ1v) is 8.83. The van der Waals surface area contributed by atoms with Gasteiger partial charge in [-0.25, -0.2) is 19.3 Å². The smallest absolute Gasteiger partial charge is 0.350 e. The highest BCUT2D eigenvalue weighted by Crippen LogP contribution is 2.23. The molecule has 0 saturated carbocycles. The zero-order chi connectivity index (χ0) is 18.8. The molecule has 0 aliphatic carbocycles. The van der Waals surface area contributed by atoms with Crippen molar-refractivity contribution in [2.24, 2.45) is 0 Å². The molecule has 3 heterocycles. The lowest BCUT2D eigenvalue weighted by molar-refractivity contribution is -0.115. The number of ether oxygens (including phenoxy) is 1. The molecule has 0 fully saturated rings. The molecule has 0 bridgehead atoms. The molecule has 26 heavy (non-hydrogen) atoms. The van der Waals surface area contributed by atoms with Gasteiger partial charge in [-0.2, -0.15) is 4.98 Å². The van der Waals surface area contributed by atoms with Gasteiger partial charge in [-0.3, -0.25) is 4.79 Å². The quantitative estimate of drug-likeness (QED) is 0.679. The largest absolute Gasteiger partial charge is 0.462 e. The number of carbonyl (C=O) groups excluding carboxylic acids is 2. The second-order valence-corrected chi connectivity index (χ2v) is 6.66. The summed E-state index contributed by atoms with van der Waals surface area (Å²) in [6.45, 7) is 7.48. The van der Waals surface area contributed by atoms with Crippen LogP contribution in [0.3, 0.4) is 0 Å². The predicted octanol–water partition coefficient (Wildman–Crippen LogP) is 1.86. The third kappa shape index (κ3) is 3.69. The van der Waals surface area contributed by atoms with E-state index in [2.05, 4.69) is 25.4 Å². The lowest BCUT2D eigenvalue weighted by atomic mass is 10.4. The maximum atomic E-state index is 12.3. The van der Waals surface area contributed by atoms with Gasteiger partial charge in [0.15, 0.2) is 11.0 Å². The highest BCUT2D eigenvalue weighted by atomic mass is 32.1. The minimum Gasteiger partial charge on any atom is -0.462 e. The Bertz CT molecular complexity index is 993. The van der Waals surface area contributed by atoms with Crippen LogP contribution in [-0.4, -0.2) is 43.0 Å². The Morgan fingerprint density at radius 3 is 2.73 bits per heavy atom. The summed E-state index contributed by atoms with van der Waals surface area (Å²) in [5.74, 6) is 0.0592. The summed E-state index contributed by atoms with van der Waals surface area (Å²) in [5, 5.41) is 7.31. The minimum atomic E-state index is -0.443. The normalized spacial score (nSPS) is 10.9. The van der Waals surface area contributed by atoms with Crippen molar-refractivity contribution in [1.82, 2.24) is 24.6 Å². The maximum absolute atomic E-state index is 12.3. The summed E-state index contributed by atoms with van der Waals surface area (Å²) < 4.78 is 6.57. The van der Waals surface area contributed by atoms with E-state index in [4.69, 9.17) is 4.74 Å². The summed E-state index contributed by atoms with van der Waals surface area (Å²) >= 11 is 1.08. The van der Waals surface area contributed by atoms with Gasteiger partial charge in [-0.1, -0.05) is 11.3 Å². The number of aryl methyl sites for hydroxylation is 3. The molecule has 0 radical (unpaired) electrons. The second kappa shape index (κ2) is 7.16. The molecule has 3 aromatic heterocycles. The van der Waals surface area contributed by atoms with Gasteiger partial charge in [0.2, 0.25) is 5.91 Å². The van der Waals surface area contributed by atoms with E-state index in [0.717, 1.165) is 22.7 Å². The van der Waals surface area contributed by atoms with Crippen LogP contribution in [0.15, 0.2) is 6.07 Å². The minimum absolute atomic E-state index is 0.0186. The number of aromatic nitrogens is 5. The van der Waals surface area contributed by atoms with Gasteiger partial charge in [-0.05, 0) is 33.8 Å². The number of fused-ring (bicyclic) bond motifs is 1. The van der Waals surface area contributed by atoms with Crippen molar-refractivity contribution in [2.75, 3.05) is 11.9 Å². The Morgan fingerprint density at radius 2 is 2.00 bits per heavy atom. The molecule has 3 aromatic rings. The molecule has 0 aliphatic rings. The molecule has 0 unspecified atom stereocenters. The Morgan fingerprint density at radius 1 is 1.23 bits per heavy atom. The van der Waals surface area contributed by atoms with E-state index >= 15 is 0 Å². The highest BCUT2D eigenvalue weighted by molar-refractivity contribution is 7.17. The van der Waals surface area contributed by atoms with E-state index in [-0.39, 0.29) is 18.9 Å². The fourth-order valence-corrected chi connectivity index (χ4v) is 3.30. The SMILES string of the molecule is CCOC(=O)c1sc(NC(=O)Cc2nc3nc(C)cc(C)n3n2)nc1C. The van der Waals surface area contributed by atoms with Gasteiger partial charge < -0.3 is 10.1 Å². The average Bonchev–Trinajstić information content (AvgIpc) is 3.10. The van der Waals surface area contributed by atoms with E-state index in [9.17, 15) is 9.59 Å². The van der Waals surface area contributed by atoms with Crippen molar-refractivity contribution in [3.05, 3.63) is 33.8 Å². The fraction of sp³-hybridized carbons (Fsp3) is 0.375. The van der Waals surface area contributed by atoms with Crippen molar-refractivity contribution < 1.29 is 14.3 Å². The van der Waals surface area contributed by atoms with Gasteiger partial charge in [0.25, 0.3) is 5.78 Å². The van der Waals surface area contributed by atoms with Crippen molar-refractivity contribution >= 4 is 34.1 Å². The van der Waals surface area contributed by atoms with E-state index in [0.29, 0.717) is 27.3 Å². The van der Waals surface area contributed by atoms with Crippen LogP contribution in [0.1, 0.15) is 39.5 Å². The molecule has 9 nitrogen and oxygen atoms in total. The molecular weight excluding hydrogens is 356 g/mol. The van der Waals surface area contributed by atoms with Gasteiger partial charge in [0.05, 0.1) is 18.7 Å². The van der Waals surface area contributed by atoms with Gasteiger partial charge in [0, 0.05) is 11.4 Å². The van der Waals surface area contributed by atoms with Crippen LogP contribution in [0.2, 0.25) is 0 Å². The summed E-state index contributed by atoms with van der Waals surface area (Å²) in [4.78, 5) is 37.2. The van der Waals surface area contributed by atoms with Crippen LogP contribution in [0.25, 0.3) is 5.78 Å². The number of amides is 1. The molecule has 0 aromatic carbocycles. The van der Waals surface area contributed by atoms with Crippen LogP contribution < -0.4 is 5.32 Å². The molecule has 136 valence electrons. The molecule has 0 spiro atoms. The predicted molar refractivity (Wildman–Crippen MR) is 95.4 cm³/mol. The van der Waals surface area contributed by atoms with E-state index in [1.54, 1.807) is 18.4 Å². The standard InChI is InChI=1S/C16H18N6O3S/c1-5-25-14(24)13-10(4)18-16(26-13)20-12(23)7-11-19-15-17-8(2)6-9(3)22(15)21-11/h6H,5,7H2,1-4H3,(H,18,20,23). The number of anilines is 1. The molecule has 0 saturated heterocycles. The van der Waals surface area contributed by atoms with Crippen LogP contribution in [0.4, 0.5) is 5.13 Å². The molecule has 0 atom stereocenters. The lowest BCUT2D eigenvalue weighted by Gasteiger charge is -1.98. The Balaban J connectivity index is 1.72. The average molecular weight is 374 g/mol. The van der Waals surface area contributed by atoms with Crippen molar-refractivity contribution in [2.45, 2.75) is 34.1 Å². The van der Waals surface area contributed by atoms with Crippen LogP contribution in [0.5, 0.6) is 0 Å². The van der Waals surface area contributed by atoms with Gasteiger partial charge >= 0.3 is 5.97 Å². The fourth-order valence-electron chi connectivity index (χ4n) is 2.43. The summed E-state index contributed by atoms with van der Waals surface area (Å²) in [6.07, 6.45) is -0.0186. The van der Waals surface area contributed by atoms with Crippen LogP contribution in [0, 0.1) is 20.8 Å². The molecule has 0 aliphatic heterocycles. The first kappa shape index (κ1) is 17.9. The number of nitrogens with one attached hydrogen (secondary N) is 1. The zero-order valence-corrected chi connectivity index (χ0v) is 15.7. The molecule has 1 N–H and O–H groups in total. The van der Waals surface area contributed by atoms with E-state index in [1.165, 1.54) is 0 Å². The molecule has 10 heteroatoms. The van der Waals surface area contributed by atoms with Crippen molar-refractivity contribution in [3.63, 3.8) is 0 Å². The first-order valence-electron chi connectivity index (χ1n) is 8.01. The lowest BCUT2D eigenvalue weighted by Crippen LogP contribution is -2.15. The number of hydrogen-bond acceptors (Lipinski definition) is 8. The zero-order valence-electron chi connectivity index (χ0n) is 14.9. The summed E-state index contributed by atoms with van der Waals surface area (Å²) in [6, 6.07) is 1.89. The number of nitrogens with zero attached hydrogens (tertiary/aromatic N) is 5. The number of esters is 1. The number of rotatable bonds is 5.